The summed E-state index contributed by atoms with van der Waals surface area (Å²) in [5.74, 6) is -0.854. The number of nitrogens with one attached hydrogen (secondary N) is 1. The third kappa shape index (κ3) is 4.98. The van der Waals surface area contributed by atoms with E-state index in [2.05, 4.69) is 35.8 Å². The van der Waals surface area contributed by atoms with Crippen molar-refractivity contribution in [2.45, 2.75) is 26.1 Å². The van der Waals surface area contributed by atoms with Crippen LogP contribution in [0.15, 0.2) is 30.5 Å². The zero-order valence-electron chi connectivity index (χ0n) is 12.9. The highest BCUT2D eigenvalue weighted by Gasteiger charge is 2.23. The van der Waals surface area contributed by atoms with Gasteiger partial charge in [-0.25, -0.2) is 4.79 Å². The van der Waals surface area contributed by atoms with Crippen molar-refractivity contribution in [2.24, 2.45) is 0 Å². The molecule has 0 radical (unpaired) electrons. The maximum Gasteiger partial charge on any atom is 0.354 e. The van der Waals surface area contributed by atoms with Crippen molar-refractivity contribution in [3.63, 3.8) is 0 Å². The summed E-state index contributed by atoms with van der Waals surface area (Å²) in [5.41, 5.74) is 0.154. The van der Waals surface area contributed by atoms with Crippen LogP contribution >= 0.6 is 11.3 Å². The summed E-state index contributed by atoms with van der Waals surface area (Å²) in [5, 5.41) is 2.50. The molecule has 0 saturated heterocycles. The summed E-state index contributed by atoms with van der Waals surface area (Å²) in [7, 11) is -0.220. The van der Waals surface area contributed by atoms with Crippen LogP contribution in [0.25, 0.3) is 6.08 Å². The molecule has 0 fully saturated rings. The van der Waals surface area contributed by atoms with Gasteiger partial charge in [0.05, 0.1) is 15.2 Å². The molecule has 0 atom stereocenters. The molecule has 0 saturated carbocycles. The standard InChI is InChI=1S/C15H21NO3SSi/c1-6-9-21(4,5)14-8-7-12(20-14)10-13(15(18)19-3)16-11(2)17/h6-8,10H,1,9H2,2-5H3,(H,16,17). The maximum absolute atomic E-state index is 11.7. The highest BCUT2D eigenvalue weighted by molar-refractivity contribution is 7.27. The van der Waals surface area contributed by atoms with Crippen molar-refractivity contribution in [1.82, 2.24) is 5.32 Å². The van der Waals surface area contributed by atoms with E-state index in [4.69, 9.17) is 0 Å². The number of esters is 1. The Morgan fingerprint density at radius 3 is 2.62 bits per heavy atom. The summed E-state index contributed by atoms with van der Waals surface area (Å²) >= 11 is 1.64. The van der Waals surface area contributed by atoms with Crippen molar-refractivity contribution in [1.29, 1.82) is 0 Å². The molecule has 1 heterocycles. The Hall–Kier alpha value is -1.66. The fourth-order valence-electron chi connectivity index (χ4n) is 1.84. The quantitative estimate of drug-likeness (QED) is 0.379. The molecule has 6 heteroatoms. The minimum Gasteiger partial charge on any atom is -0.464 e. The van der Waals surface area contributed by atoms with Gasteiger partial charge < -0.3 is 10.1 Å². The Morgan fingerprint density at radius 2 is 2.10 bits per heavy atom. The predicted molar refractivity (Wildman–Crippen MR) is 90.2 cm³/mol. The molecule has 0 bridgehead atoms. The second-order valence-electron chi connectivity index (χ2n) is 5.31. The van der Waals surface area contributed by atoms with Gasteiger partial charge in [0.25, 0.3) is 0 Å². The molecule has 0 aromatic carbocycles. The number of carbonyl (C=O) groups is 2. The Kier molecular flexibility index (Phi) is 6.11. The van der Waals surface area contributed by atoms with Crippen molar-refractivity contribution in [2.75, 3.05) is 7.11 Å². The number of rotatable bonds is 6. The summed E-state index contributed by atoms with van der Waals surface area (Å²) in [4.78, 5) is 23.7. The van der Waals surface area contributed by atoms with Gasteiger partial charge in [-0.15, -0.1) is 17.9 Å². The summed E-state index contributed by atoms with van der Waals surface area (Å²) in [6.07, 6.45) is 3.61. The number of hydrogen-bond donors (Lipinski definition) is 1. The highest BCUT2D eigenvalue weighted by Crippen LogP contribution is 2.19. The third-order valence-electron chi connectivity index (χ3n) is 2.95. The summed E-state index contributed by atoms with van der Waals surface area (Å²) < 4.78 is 6.01. The van der Waals surface area contributed by atoms with Crippen LogP contribution in [0.5, 0.6) is 0 Å². The minimum atomic E-state index is -1.51. The van der Waals surface area contributed by atoms with Crippen LogP contribution in [0.4, 0.5) is 0 Å². The van der Waals surface area contributed by atoms with Gasteiger partial charge in [0.2, 0.25) is 5.91 Å². The molecule has 21 heavy (non-hydrogen) atoms. The molecule has 0 spiro atoms. The van der Waals surface area contributed by atoms with E-state index < -0.39 is 14.0 Å². The van der Waals surface area contributed by atoms with Crippen LogP contribution in [-0.4, -0.2) is 27.1 Å². The van der Waals surface area contributed by atoms with Gasteiger partial charge in [-0.1, -0.05) is 25.2 Å². The smallest absolute Gasteiger partial charge is 0.354 e. The van der Waals surface area contributed by atoms with E-state index in [1.807, 2.05) is 12.1 Å². The van der Waals surface area contributed by atoms with Crippen LogP contribution in [0, 0.1) is 0 Å². The molecule has 4 nitrogen and oxygen atoms in total. The zero-order valence-corrected chi connectivity index (χ0v) is 14.7. The fraction of sp³-hybridized carbons (Fsp3) is 0.333. The van der Waals surface area contributed by atoms with E-state index in [-0.39, 0.29) is 11.6 Å². The first-order valence-electron chi connectivity index (χ1n) is 6.59. The average molecular weight is 323 g/mol. The zero-order chi connectivity index (χ0) is 16.0. The Labute approximate surface area is 130 Å². The normalized spacial score (nSPS) is 11.9. The van der Waals surface area contributed by atoms with Crippen LogP contribution in [-0.2, 0) is 14.3 Å². The molecule has 0 aliphatic carbocycles. The second kappa shape index (κ2) is 7.38. The molecule has 114 valence electrons. The van der Waals surface area contributed by atoms with Crippen molar-refractivity contribution in [3.8, 4) is 0 Å². The van der Waals surface area contributed by atoms with Crippen molar-refractivity contribution in [3.05, 3.63) is 35.4 Å². The monoisotopic (exact) mass is 323 g/mol. The number of methoxy groups -OCH3 is 1. The maximum atomic E-state index is 11.7. The van der Waals surface area contributed by atoms with Crippen LogP contribution in [0.1, 0.15) is 11.8 Å². The van der Waals surface area contributed by atoms with E-state index >= 15 is 0 Å². The van der Waals surface area contributed by atoms with Gasteiger partial charge >= 0.3 is 5.97 Å². The van der Waals surface area contributed by atoms with Gasteiger partial charge in [-0.05, 0) is 22.7 Å². The lowest BCUT2D eigenvalue weighted by Gasteiger charge is -2.17. The molecule has 1 aromatic rings. The van der Waals surface area contributed by atoms with E-state index in [1.54, 1.807) is 17.4 Å². The number of carbonyl (C=O) groups excluding carboxylic acids is 2. The van der Waals surface area contributed by atoms with Gasteiger partial charge in [0, 0.05) is 11.8 Å². The molecule has 1 amide bonds. The molecular formula is C15H21NO3SSi. The Balaban J connectivity index is 3.06. The number of thiophene rings is 1. The van der Waals surface area contributed by atoms with Crippen molar-refractivity contribution < 1.29 is 14.3 Å². The van der Waals surface area contributed by atoms with E-state index in [1.165, 1.54) is 18.5 Å². The molecule has 1 rings (SSSR count). The Morgan fingerprint density at radius 1 is 1.43 bits per heavy atom. The summed E-state index contributed by atoms with van der Waals surface area (Å²) in [6.45, 7) is 9.73. The number of amides is 1. The van der Waals surface area contributed by atoms with Gasteiger partial charge in [-0.3, -0.25) is 4.79 Å². The first-order chi connectivity index (χ1) is 9.80. The average Bonchev–Trinajstić information content (AvgIpc) is 2.86. The van der Waals surface area contributed by atoms with Crippen LogP contribution < -0.4 is 9.82 Å². The van der Waals surface area contributed by atoms with Gasteiger partial charge in [0.1, 0.15) is 5.70 Å². The van der Waals surface area contributed by atoms with Gasteiger partial charge in [-0.2, -0.15) is 0 Å². The first kappa shape index (κ1) is 17.4. The highest BCUT2D eigenvalue weighted by atomic mass is 32.1. The second-order valence-corrected chi connectivity index (χ2v) is 11.5. The number of hydrogen-bond acceptors (Lipinski definition) is 4. The van der Waals surface area contributed by atoms with Crippen molar-refractivity contribution >= 4 is 41.9 Å². The Bertz CT molecular complexity index is 575. The molecule has 1 N–H and O–H groups in total. The first-order valence-corrected chi connectivity index (χ1v) is 10.6. The molecule has 0 aliphatic heterocycles. The lowest BCUT2D eigenvalue weighted by molar-refractivity contribution is -0.137. The lowest BCUT2D eigenvalue weighted by atomic mass is 10.3. The minimum absolute atomic E-state index is 0.154. The molecule has 0 aliphatic rings. The van der Waals surface area contributed by atoms with E-state index in [0.29, 0.717) is 0 Å². The van der Waals surface area contributed by atoms with E-state index in [0.717, 1.165) is 10.9 Å². The lowest BCUT2D eigenvalue weighted by Crippen LogP contribution is -2.38. The van der Waals surface area contributed by atoms with Gasteiger partial charge in [0.15, 0.2) is 0 Å². The van der Waals surface area contributed by atoms with Crippen LogP contribution in [0.3, 0.4) is 0 Å². The summed E-state index contributed by atoms with van der Waals surface area (Å²) in [6, 6.07) is 5.06. The fourth-order valence-corrected chi connectivity index (χ4v) is 5.71. The van der Waals surface area contributed by atoms with E-state index in [9.17, 15) is 9.59 Å². The largest absolute Gasteiger partial charge is 0.464 e. The van der Waals surface area contributed by atoms with Crippen LogP contribution in [0.2, 0.25) is 19.1 Å². The SMILES string of the molecule is C=CC[Si](C)(C)c1ccc(C=C(NC(C)=O)C(=O)OC)s1. The number of allylic oxidation sites excluding steroid dienone is 1. The third-order valence-corrected chi connectivity index (χ3v) is 8.57. The topological polar surface area (TPSA) is 55.4 Å². The molecule has 0 unspecified atom stereocenters. The predicted octanol–water partition coefficient (Wildman–Crippen LogP) is 2.50. The molecular weight excluding hydrogens is 302 g/mol. The number of ether oxygens (including phenoxy) is 1. The molecule has 1 aromatic heterocycles.